The molecule has 0 unspecified atom stereocenters. The predicted molar refractivity (Wildman–Crippen MR) is 72.5 cm³/mol. The van der Waals surface area contributed by atoms with Crippen molar-refractivity contribution < 1.29 is 14.3 Å². The quantitative estimate of drug-likeness (QED) is 0.784. The van der Waals surface area contributed by atoms with E-state index >= 15 is 0 Å². The molecule has 1 aromatic carbocycles. The zero-order chi connectivity index (χ0) is 14.1. The molecule has 1 amide bonds. The Kier molecular flexibility index (Phi) is 6.60. The molecule has 0 heterocycles. The van der Waals surface area contributed by atoms with E-state index in [0.717, 1.165) is 12.0 Å². The van der Waals surface area contributed by atoms with E-state index in [0.29, 0.717) is 6.42 Å². The Bertz CT molecular complexity index is 406. The van der Waals surface area contributed by atoms with Gasteiger partial charge in [-0.05, 0) is 12.0 Å². The fourth-order valence-electron chi connectivity index (χ4n) is 1.60. The van der Waals surface area contributed by atoms with Crippen LogP contribution in [0.2, 0.25) is 0 Å². The Hall–Kier alpha value is -1.88. The second-order valence-electron chi connectivity index (χ2n) is 4.21. The average molecular weight is 264 g/mol. The van der Waals surface area contributed by atoms with Crippen molar-refractivity contribution in [2.45, 2.75) is 32.4 Å². The zero-order valence-corrected chi connectivity index (χ0v) is 11.1. The summed E-state index contributed by atoms with van der Waals surface area (Å²) >= 11 is 0. The molecule has 0 aromatic heterocycles. The van der Waals surface area contributed by atoms with Crippen LogP contribution in [0.4, 0.5) is 4.79 Å². The van der Waals surface area contributed by atoms with Crippen molar-refractivity contribution in [3.63, 3.8) is 0 Å². The Morgan fingerprint density at radius 2 is 2.00 bits per heavy atom. The van der Waals surface area contributed by atoms with E-state index in [1.54, 1.807) is 0 Å². The molecule has 5 nitrogen and oxygen atoms in total. The summed E-state index contributed by atoms with van der Waals surface area (Å²) in [5.41, 5.74) is 6.36. The standard InChI is InChI=1S/C14H20N2O3/c1-2-6-13(17)12(9-15)16-14(18)19-10-11-7-4-3-5-8-11/h3-5,7-8,12H,2,6,9-10,15H2,1H3,(H,16,18)/t12-/m0/s1. The number of Topliss-reactive ketones (excluding diaryl/α,β-unsaturated/α-hetero) is 1. The minimum absolute atomic E-state index is 0.0679. The van der Waals surface area contributed by atoms with Gasteiger partial charge in [0.25, 0.3) is 0 Å². The number of nitrogens with two attached hydrogens (primary N) is 1. The number of ketones is 1. The Labute approximate surface area is 113 Å². The van der Waals surface area contributed by atoms with Crippen molar-refractivity contribution in [3.05, 3.63) is 35.9 Å². The van der Waals surface area contributed by atoms with Crippen LogP contribution in [0.1, 0.15) is 25.3 Å². The highest BCUT2D eigenvalue weighted by Crippen LogP contribution is 2.01. The number of hydrogen-bond acceptors (Lipinski definition) is 4. The number of ether oxygens (including phenoxy) is 1. The molecule has 0 fully saturated rings. The molecule has 0 radical (unpaired) electrons. The van der Waals surface area contributed by atoms with Crippen LogP contribution in [0.5, 0.6) is 0 Å². The van der Waals surface area contributed by atoms with Gasteiger partial charge in [0, 0.05) is 13.0 Å². The van der Waals surface area contributed by atoms with Gasteiger partial charge in [-0.25, -0.2) is 4.79 Å². The third-order valence-corrected chi connectivity index (χ3v) is 2.63. The lowest BCUT2D eigenvalue weighted by atomic mass is 10.1. The second-order valence-corrected chi connectivity index (χ2v) is 4.21. The van der Waals surface area contributed by atoms with Gasteiger partial charge in [0.2, 0.25) is 0 Å². The van der Waals surface area contributed by atoms with Gasteiger partial charge in [-0.3, -0.25) is 4.79 Å². The molecule has 0 aliphatic heterocycles. The molecule has 0 saturated carbocycles. The maximum Gasteiger partial charge on any atom is 0.408 e. The third-order valence-electron chi connectivity index (χ3n) is 2.63. The summed E-state index contributed by atoms with van der Waals surface area (Å²) in [4.78, 5) is 23.2. The van der Waals surface area contributed by atoms with Gasteiger partial charge < -0.3 is 15.8 Å². The smallest absolute Gasteiger partial charge is 0.408 e. The molecule has 5 heteroatoms. The fraction of sp³-hybridized carbons (Fsp3) is 0.429. The molecule has 1 atom stereocenters. The Morgan fingerprint density at radius 1 is 1.32 bits per heavy atom. The molecule has 0 saturated heterocycles. The topological polar surface area (TPSA) is 81.4 Å². The molecule has 0 bridgehead atoms. The number of alkyl carbamates (subject to hydrolysis) is 1. The van der Waals surface area contributed by atoms with Gasteiger partial charge in [0.05, 0.1) is 0 Å². The summed E-state index contributed by atoms with van der Waals surface area (Å²) in [7, 11) is 0. The summed E-state index contributed by atoms with van der Waals surface area (Å²) in [6, 6.07) is 8.67. The normalized spacial score (nSPS) is 11.7. The average Bonchev–Trinajstić information content (AvgIpc) is 2.44. The second kappa shape index (κ2) is 8.26. The van der Waals surface area contributed by atoms with E-state index in [1.165, 1.54) is 0 Å². The van der Waals surface area contributed by atoms with Crippen LogP contribution in [0.3, 0.4) is 0 Å². The number of rotatable bonds is 7. The summed E-state index contributed by atoms with van der Waals surface area (Å²) in [6.07, 6.45) is 0.514. The van der Waals surface area contributed by atoms with Crippen LogP contribution >= 0.6 is 0 Å². The summed E-state index contributed by atoms with van der Waals surface area (Å²) in [6.45, 7) is 2.16. The number of amides is 1. The summed E-state index contributed by atoms with van der Waals surface area (Å²) in [5.74, 6) is -0.0679. The molecule has 0 aliphatic rings. The largest absolute Gasteiger partial charge is 0.445 e. The van der Waals surface area contributed by atoms with E-state index in [9.17, 15) is 9.59 Å². The van der Waals surface area contributed by atoms with Crippen molar-refractivity contribution in [2.24, 2.45) is 5.73 Å². The van der Waals surface area contributed by atoms with Crippen molar-refractivity contribution in [1.29, 1.82) is 0 Å². The lowest BCUT2D eigenvalue weighted by Crippen LogP contribution is -2.45. The number of nitrogens with one attached hydrogen (secondary N) is 1. The minimum Gasteiger partial charge on any atom is -0.445 e. The first kappa shape index (κ1) is 15.2. The Morgan fingerprint density at radius 3 is 2.58 bits per heavy atom. The van der Waals surface area contributed by atoms with Gasteiger partial charge in [0.1, 0.15) is 12.6 Å². The zero-order valence-electron chi connectivity index (χ0n) is 11.1. The fourth-order valence-corrected chi connectivity index (χ4v) is 1.60. The molecule has 3 N–H and O–H groups in total. The van der Waals surface area contributed by atoms with Crippen LogP contribution in [0.15, 0.2) is 30.3 Å². The van der Waals surface area contributed by atoms with E-state index < -0.39 is 12.1 Å². The first-order valence-corrected chi connectivity index (χ1v) is 6.37. The third kappa shape index (κ3) is 5.52. The van der Waals surface area contributed by atoms with Crippen LogP contribution in [-0.4, -0.2) is 24.5 Å². The molecular weight excluding hydrogens is 244 g/mol. The lowest BCUT2D eigenvalue weighted by molar-refractivity contribution is -0.120. The van der Waals surface area contributed by atoms with Crippen LogP contribution in [0, 0.1) is 0 Å². The summed E-state index contributed by atoms with van der Waals surface area (Å²) < 4.78 is 5.03. The highest BCUT2D eigenvalue weighted by molar-refractivity contribution is 5.87. The Balaban J connectivity index is 2.39. The molecule has 19 heavy (non-hydrogen) atoms. The maximum atomic E-state index is 11.6. The summed E-state index contributed by atoms with van der Waals surface area (Å²) in [5, 5.41) is 2.49. The van der Waals surface area contributed by atoms with E-state index in [-0.39, 0.29) is 18.9 Å². The van der Waals surface area contributed by atoms with Gasteiger partial charge in [0.15, 0.2) is 5.78 Å². The molecule has 0 aliphatic carbocycles. The minimum atomic E-state index is -0.664. The molecule has 104 valence electrons. The van der Waals surface area contributed by atoms with Gasteiger partial charge >= 0.3 is 6.09 Å². The highest BCUT2D eigenvalue weighted by Gasteiger charge is 2.18. The number of carbonyl (C=O) groups is 2. The molecule has 1 rings (SSSR count). The molecule has 0 spiro atoms. The van der Waals surface area contributed by atoms with Crippen LogP contribution in [-0.2, 0) is 16.1 Å². The van der Waals surface area contributed by atoms with Gasteiger partial charge in [-0.2, -0.15) is 0 Å². The number of hydrogen-bond donors (Lipinski definition) is 2. The lowest BCUT2D eigenvalue weighted by Gasteiger charge is -2.15. The van der Waals surface area contributed by atoms with E-state index in [1.807, 2.05) is 37.3 Å². The van der Waals surface area contributed by atoms with Crippen molar-refractivity contribution in [3.8, 4) is 0 Å². The van der Waals surface area contributed by atoms with E-state index in [4.69, 9.17) is 10.5 Å². The van der Waals surface area contributed by atoms with Crippen LogP contribution < -0.4 is 11.1 Å². The monoisotopic (exact) mass is 264 g/mol. The van der Waals surface area contributed by atoms with Crippen LogP contribution in [0.25, 0.3) is 0 Å². The predicted octanol–water partition coefficient (Wildman–Crippen LogP) is 1.61. The van der Waals surface area contributed by atoms with E-state index in [2.05, 4.69) is 5.32 Å². The first-order chi connectivity index (χ1) is 9.17. The van der Waals surface area contributed by atoms with Gasteiger partial charge in [-0.15, -0.1) is 0 Å². The number of carbonyl (C=O) groups excluding carboxylic acids is 2. The van der Waals surface area contributed by atoms with Crippen molar-refractivity contribution in [2.75, 3.05) is 6.54 Å². The van der Waals surface area contributed by atoms with Gasteiger partial charge in [-0.1, -0.05) is 37.3 Å². The molecule has 1 aromatic rings. The maximum absolute atomic E-state index is 11.6. The van der Waals surface area contributed by atoms with Crippen molar-refractivity contribution in [1.82, 2.24) is 5.32 Å². The first-order valence-electron chi connectivity index (χ1n) is 6.37. The van der Waals surface area contributed by atoms with Crippen molar-refractivity contribution >= 4 is 11.9 Å². The highest BCUT2D eigenvalue weighted by atomic mass is 16.5. The SMILES string of the molecule is CCCC(=O)[C@H](CN)NC(=O)OCc1ccccc1. The molecular formula is C14H20N2O3. The number of benzene rings is 1.